The quantitative estimate of drug-likeness (QED) is 0.829. The van der Waals surface area contributed by atoms with Crippen LogP contribution in [0.15, 0.2) is 29.1 Å². The lowest BCUT2D eigenvalue weighted by Crippen LogP contribution is -2.06. The van der Waals surface area contributed by atoms with E-state index in [1.54, 1.807) is 18.6 Å². The van der Waals surface area contributed by atoms with E-state index in [9.17, 15) is 0 Å². The van der Waals surface area contributed by atoms with Gasteiger partial charge in [0.25, 0.3) is 0 Å². The summed E-state index contributed by atoms with van der Waals surface area (Å²) >= 11 is 12.2. The summed E-state index contributed by atoms with van der Waals surface area (Å²) in [5, 5.41) is 7.34. The van der Waals surface area contributed by atoms with Crippen molar-refractivity contribution >= 4 is 34.8 Å². The molecule has 0 aliphatic carbocycles. The largest absolute Gasteiger partial charge is 0.472 e. The first-order chi connectivity index (χ1) is 9.20. The van der Waals surface area contributed by atoms with Gasteiger partial charge in [-0.1, -0.05) is 30.1 Å². The first-order valence-electron chi connectivity index (χ1n) is 6.05. The van der Waals surface area contributed by atoms with Crippen molar-refractivity contribution in [2.45, 2.75) is 19.9 Å². The molecule has 19 heavy (non-hydrogen) atoms. The van der Waals surface area contributed by atoms with Crippen LogP contribution >= 0.6 is 23.2 Å². The molecule has 0 fully saturated rings. The second-order valence-electron chi connectivity index (χ2n) is 4.06. The SMILES string of the molecule is CCCNc1nc(NCc2ccoc2)c(Cl)cc1Cl. The smallest absolute Gasteiger partial charge is 0.147 e. The van der Waals surface area contributed by atoms with Crippen LogP contribution in [0.25, 0.3) is 0 Å². The molecule has 0 saturated heterocycles. The maximum atomic E-state index is 6.12. The molecule has 2 rings (SSSR count). The van der Waals surface area contributed by atoms with Crippen LogP contribution in [-0.2, 0) is 6.54 Å². The minimum absolute atomic E-state index is 0.496. The van der Waals surface area contributed by atoms with Crippen LogP contribution in [0.5, 0.6) is 0 Å². The van der Waals surface area contributed by atoms with Gasteiger partial charge in [0, 0.05) is 18.7 Å². The van der Waals surface area contributed by atoms with Gasteiger partial charge in [-0.15, -0.1) is 0 Å². The van der Waals surface area contributed by atoms with Gasteiger partial charge in [-0.25, -0.2) is 4.98 Å². The highest BCUT2D eigenvalue weighted by molar-refractivity contribution is 6.37. The van der Waals surface area contributed by atoms with Gasteiger partial charge in [-0.2, -0.15) is 0 Å². The van der Waals surface area contributed by atoms with Crippen LogP contribution in [-0.4, -0.2) is 11.5 Å². The number of nitrogens with zero attached hydrogens (tertiary/aromatic N) is 1. The van der Waals surface area contributed by atoms with E-state index < -0.39 is 0 Å². The van der Waals surface area contributed by atoms with Crippen LogP contribution in [0.1, 0.15) is 18.9 Å². The lowest BCUT2D eigenvalue weighted by Gasteiger charge is -2.11. The van der Waals surface area contributed by atoms with Gasteiger partial charge in [0.05, 0.1) is 22.6 Å². The highest BCUT2D eigenvalue weighted by Gasteiger charge is 2.09. The number of pyridine rings is 1. The zero-order valence-corrected chi connectivity index (χ0v) is 12.1. The van der Waals surface area contributed by atoms with Crippen molar-refractivity contribution < 1.29 is 4.42 Å². The lowest BCUT2D eigenvalue weighted by molar-refractivity contribution is 0.564. The first-order valence-corrected chi connectivity index (χ1v) is 6.81. The summed E-state index contributed by atoms with van der Waals surface area (Å²) in [6.07, 6.45) is 4.30. The molecular formula is C13H15Cl2N3O. The summed E-state index contributed by atoms with van der Waals surface area (Å²) in [5.41, 5.74) is 1.02. The Morgan fingerprint density at radius 3 is 2.58 bits per heavy atom. The monoisotopic (exact) mass is 299 g/mol. The molecule has 0 bridgehead atoms. The van der Waals surface area contributed by atoms with E-state index >= 15 is 0 Å². The summed E-state index contributed by atoms with van der Waals surface area (Å²) in [6, 6.07) is 3.57. The van der Waals surface area contributed by atoms with Crippen molar-refractivity contribution in [2.75, 3.05) is 17.2 Å². The fourth-order valence-corrected chi connectivity index (χ4v) is 2.03. The van der Waals surface area contributed by atoms with Crippen LogP contribution in [0.4, 0.5) is 11.6 Å². The number of halogens is 2. The highest BCUT2D eigenvalue weighted by atomic mass is 35.5. The summed E-state index contributed by atoms with van der Waals surface area (Å²) in [7, 11) is 0. The van der Waals surface area contributed by atoms with Crippen molar-refractivity contribution in [3.63, 3.8) is 0 Å². The summed E-state index contributed by atoms with van der Waals surface area (Å²) in [4.78, 5) is 4.39. The van der Waals surface area contributed by atoms with Crippen molar-refractivity contribution in [1.29, 1.82) is 0 Å². The molecule has 2 aromatic heterocycles. The Balaban J connectivity index is 2.10. The molecule has 2 aromatic rings. The minimum Gasteiger partial charge on any atom is -0.472 e. The molecule has 102 valence electrons. The van der Waals surface area contributed by atoms with Crippen LogP contribution < -0.4 is 10.6 Å². The van der Waals surface area contributed by atoms with Gasteiger partial charge < -0.3 is 15.1 Å². The minimum atomic E-state index is 0.496. The Morgan fingerprint density at radius 1 is 1.21 bits per heavy atom. The molecule has 6 heteroatoms. The van der Waals surface area contributed by atoms with Gasteiger partial charge in [0.1, 0.15) is 11.6 Å². The third kappa shape index (κ3) is 3.78. The normalized spacial score (nSPS) is 10.5. The van der Waals surface area contributed by atoms with E-state index in [1.807, 2.05) is 6.07 Å². The molecule has 2 N–H and O–H groups in total. The van der Waals surface area contributed by atoms with E-state index in [0.717, 1.165) is 18.5 Å². The molecule has 0 unspecified atom stereocenters. The maximum Gasteiger partial charge on any atom is 0.147 e. The van der Waals surface area contributed by atoms with Crippen LogP contribution in [0, 0.1) is 0 Å². The lowest BCUT2D eigenvalue weighted by atomic mass is 10.3. The standard InChI is InChI=1S/C13H15Cl2N3O/c1-2-4-16-12-10(14)6-11(15)13(18-12)17-7-9-3-5-19-8-9/h3,5-6,8H,2,4,7H2,1H3,(H2,16,17,18). The molecule has 0 aliphatic heterocycles. The Labute approximate surface area is 122 Å². The third-order valence-corrected chi connectivity index (χ3v) is 3.09. The number of rotatable bonds is 6. The zero-order chi connectivity index (χ0) is 13.7. The molecule has 0 atom stereocenters. The van der Waals surface area contributed by atoms with Crippen LogP contribution in [0.2, 0.25) is 10.0 Å². The maximum absolute atomic E-state index is 6.12. The number of nitrogens with one attached hydrogen (secondary N) is 2. The number of anilines is 2. The molecule has 2 heterocycles. The molecule has 0 spiro atoms. The van der Waals surface area contributed by atoms with Gasteiger partial charge in [0.15, 0.2) is 0 Å². The zero-order valence-electron chi connectivity index (χ0n) is 10.5. The molecule has 0 aliphatic rings. The topological polar surface area (TPSA) is 50.1 Å². The fraction of sp³-hybridized carbons (Fsp3) is 0.308. The third-order valence-electron chi connectivity index (χ3n) is 2.51. The molecule has 0 amide bonds. The number of hydrogen-bond donors (Lipinski definition) is 2. The van der Waals surface area contributed by atoms with Crippen LogP contribution in [0.3, 0.4) is 0 Å². The fourth-order valence-electron chi connectivity index (χ4n) is 1.54. The number of hydrogen-bond acceptors (Lipinski definition) is 4. The van der Waals surface area contributed by atoms with Gasteiger partial charge in [-0.3, -0.25) is 0 Å². The first kappa shape index (κ1) is 14.0. The Hall–Kier alpha value is -1.39. The van der Waals surface area contributed by atoms with Gasteiger partial charge in [0.2, 0.25) is 0 Å². The summed E-state index contributed by atoms with van der Waals surface area (Å²) in [6.45, 7) is 3.49. The number of furan rings is 1. The predicted molar refractivity (Wildman–Crippen MR) is 79.1 cm³/mol. The Kier molecular flexibility index (Phi) is 4.93. The summed E-state index contributed by atoms with van der Waals surface area (Å²) in [5.74, 6) is 1.24. The van der Waals surface area contributed by atoms with E-state index in [4.69, 9.17) is 27.6 Å². The van der Waals surface area contributed by atoms with E-state index in [0.29, 0.717) is 28.2 Å². The average Bonchev–Trinajstić information content (AvgIpc) is 2.90. The highest BCUT2D eigenvalue weighted by Crippen LogP contribution is 2.29. The van der Waals surface area contributed by atoms with E-state index in [2.05, 4.69) is 22.5 Å². The predicted octanol–water partition coefficient (Wildman–Crippen LogP) is 4.42. The van der Waals surface area contributed by atoms with E-state index in [1.165, 1.54) is 0 Å². The Bertz CT molecular complexity index is 529. The Morgan fingerprint density at radius 2 is 1.95 bits per heavy atom. The van der Waals surface area contributed by atoms with Crippen molar-refractivity contribution in [2.24, 2.45) is 0 Å². The van der Waals surface area contributed by atoms with E-state index in [-0.39, 0.29) is 0 Å². The van der Waals surface area contributed by atoms with Crippen molar-refractivity contribution in [3.8, 4) is 0 Å². The second kappa shape index (κ2) is 6.68. The molecule has 0 saturated carbocycles. The molecule has 4 nitrogen and oxygen atoms in total. The average molecular weight is 300 g/mol. The molecule has 0 radical (unpaired) electrons. The van der Waals surface area contributed by atoms with Crippen molar-refractivity contribution in [3.05, 3.63) is 40.3 Å². The van der Waals surface area contributed by atoms with Gasteiger partial charge >= 0.3 is 0 Å². The number of aromatic nitrogens is 1. The molecular weight excluding hydrogens is 285 g/mol. The van der Waals surface area contributed by atoms with Gasteiger partial charge in [-0.05, 0) is 18.6 Å². The molecule has 0 aromatic carbocycles. The van der Waals surface area contributed by atoms with Crippen molar-refractivity contribution in [1.82, 2.24) is 4.98 Å². The summed E-state index contributed by atoms with van der Waals surface area (Å²) < 4.78 is 5.00. The second-order valence-corrected chi connectivity index (χ2v) is 4.88.